The zero-order valence-electron chi connectivity index (χ0n) is 17.8. The van der Waals surface area contributed by atoms with Gasteiger partial charge >= 0.3 is 0 Å². The predicted molar refractivity (Wildman–Crippen MR) is 115 cm³/mol. The van der Waals surface area contributed by atoms with Crippen molar-refractivity contribution in [3.63, 3.8) is 0 Å². The van der Waals surface area contributed by atoms with Gasteiger partial charge in [-0.05, 0) is 60.0 Å². The monoisotopic (exact) mass is 479 g/mol. The van der Waals surface area contributed by atoms with Crippen LogP contribution in [0.2, 0.25) is 0 Å². The minimum absolute atomic E-state index is 0.000580. The molecule has 5 rings (SSSR count). The van der Waals surface area contributed by atoms with Gasteiger partial charge in [0.2, 0.25) is 10.0 Å². The molecule has 176 valence electrons. The molecule has 0 saturated carbocycles. The Balaban J connectivity index is 1.21. The number of ether oxygens (including phenoxy) is 1. The number of nitrogens with zero attached hydrogens (tertiary/aromatic N) is 2. The van der Waals surface area contributed by atoms with Gasteiger partial charge in [0.25, 0.3) is 0 Å². The Bertz CT molecular complexity index is 1190. The van der Waals surface area contributed by atoms with Gasteiger partial charge in [-0.1, -0.05) is 0 Å². The topological polar surface area (TPSA) is 75.9 Å². The third kappa shape index (κ3) is 4.22. The molecule has 33 heavy (non-hydrogen) atoms. The van der Waals surface area contributed by atoms with Crippen molar-refractivity contribution in [2.75, 3.05) is 32.8 Å². The maximum Gasteiger partial charge on any atom is 0.243 e. The molecule has 0 radical (unpaired) electrons. The molecular formula is C23H24F3N3O3S. The summed E-state index contributed by atoms with van der Waals surface area (Å²) >= 11 is 0. The number of rotatable bonds is 4. The Hall–Kier alpha value is -2.24. The van der Waals surface area contributed by atoms with E-state index in [4.69, 9.17) is 10.5 Å². The molecule has 0 amide bonds. The van der Waals surface area contributed by atoms with Gasteiger partial charge in [0.15, 0.2) is 0 Å². The first kappa shape index (κ1) is 22.5. The van der Waals surface area contributed by atoms with Crippen LogP contribution < -0.4 is 5.73 Å². The molecule has 2 N–H and O–H groups in total. The number of nitrogens with two attached hydrogens (primary N) is 1. The van der Waals surface area contributed by atoms with Crippen molar-refractivity contribution in [3.8, 4) is 0 Å². The van der Waals surface area contributed by atoms with Crippen LogP contribution in [0.3, 0.4) is 0 Å². The van der Waals surface area contributed by atoms with E-state index in [1.165, 1.54) is 16.4 Å². The van der Waals surface area contributed by atoms with E-state index < -0.39 is 39.6 Å². The maximum atomic E-state index is 14.2. The first-order valence-electron chi connectivity index (χ1n) is 10.7. The summed E-state index contributed by atoms with van der Waals surface area (Å²) in [6.45, 7) is 2.12. The summed E-state index contributed by atoms with van der Waals surface area (Å²) in [6, 6.07) is 7.61. The largest absolute Gasteiger partial charge is 0.370 e. The fraction of sp³-hybridized carbons (Fsp3) is 0.391. The minimum Gasteiger partial charge on any atom is -0.370 e. The molecule has 3 heterocycles. The SMILES string of the molecule is NC1CC(N2CC3=C(C2)CN(S(=O)(=O)c2ccc(F)cc2)C3)COC1c1cc(F)ccc1F. The Morgan fingerprint density at radius 1 is 0.909 bits per heavy atom. The first-order valence-corrected chi connectivity index (χ1v) is 12.2. The summed E-state index contributed by atoms with van der Waals surface area (Å²) in [7, 11) is -3.70. The van der Waals surface area contributed by atoms with Crippen LogP contribution in [0, 0.1) is 17.5 Å². The van der Waals surface area contributed by atoms with Gasteiger partial charge in [0.05, 0.1) is 11.5 Å². The fourth-order valence-electron chi connectivity index (χ4n) is 4.91. The van der Waals surface area contributed by atoms with E-state index in [-0.39, 0.29) is 16.5 Å². The van der Waals surface area contributed by atoms with Crippen molar-refractivity contribution in [1.82, 2.24) is 9.21 Å². The third-order valence-electron chi connectivity index (χ3n) is 6.66. The average Bonchev–Trinajstić information content (AvgIpc) is 3.36. The molecule has 0 bridgehead atoms. The second-order valence-electron chi connectivity index (χ2n) is 8.81. The molecule has 2 aromatic rings. The van der Waals surface area contributed by atoms with Crippen molar-refractivity contribution in [2.24, 2.45) is 5.73 Å². The van der Waals surface area contributed by atoms with Crippen LogP contribution in [0.25, 0.3) is 0 Å². The Kier molecular flexibility index (Phi) is 5.82. The van der Waals surface area contributed by atoms with Crippen LogP contribution >= 0.6 is 0 Å². The fourth-order valence-corrected chi connectivity index (χ4v) is 6.34. The Morgan fingerprint density at radius 3 is 2.18 bits per heavy atom. The lowest BCUT2D eigenvalue weighted by Gasteiger charge is -2.39. The summed E-state index contributed by atoms with van der Waals surface area (Å²) in [4.78, 5) is 2.27. The molecule has 6 nitrogen and oxygen atoms in total. The van der Waals surface area contributed by atoms with Crippen molar-refractivity contribution in [1.29, 1.82) is 0 Å². The Morgan fingerprint density at radius 2 is 1.55 bits per heavy atom. The zero-order chi connectivity index (χ0) is 23.3. The van der Waals surface area contributed by atoms with Crippen LogP contribution in [-0.2, 0) is 14.8 Å². The lowest BCUT2D eigenvalue weighted by molar-refractivity contribution is -0.0467. The molecule has 3 unspecified atom stereocenters. The molecule has 10 heteroatoms. The maximum absolute atomic E-state index is 14.2. The summed E-state index contributed by atoms with van der Waals surface area (Å²) in [5, 5.41) is 0. The minimum atomic E-state index is -3.70. The molecule has 0 aliphatic carbocycles. The van der Waals surface area contributed by atoms with Gasteiger partial charge in [-0.3, -0.25) is 4.90 Å². The van der Waals surface area contributed by atoms with Gasteiger partial charge in [-0.25, -0.2) is 21.6 Å². The van der Waals surface area contributed by atoms with Gasteiger partial charge < -0.3 is 10.5 Å². The highest BCUT2D eigenvalue weighted by molar-refractivity contribution is 7.89. The van der Waals surface area contributed by atoms with E-state index in [1.54, 1.807) is 0 Å². The number of sulfonamides is 1. The molecule has 0 spiro atoms. The van der Waals surface area contributed by atoms with Crippen molar-refractivity contribution >= 4 is 10.0 Å². The number of halogens is 3. The lowest BCUT2D eigenvalue weighted by atomic mass is 9.93. The van der Waals surface area contributed by atoms with Crippen LogP contribution in [0.15, 0.2) is 58.5 Å². The average molecular weight is 480 g/mol. The molecule has 3 aliphatic rings. The van der Waals surface area contributed by atoms with Gasteiger partial charge in [-0.15, -0.1) is 0 Å². The molecule has 0 aromatic heterocycles. The van der Waals surface area contributed by atoms with Crippen molar-refractivity contribution < 1.29 is 26.3 Å². The highest BCUT2D eigenvalue weighted by Gasteiger charge is 2.41. The lowest BCUT2D eigenvalue weighted by Crippen LogP contribution is -2.49. The highest BCUT2D eigenvalue weighted by Crippen LogP contribution is 2.35. The van der Waals surface area contributed by atoms with Gasteiger partial charge in [0.1, 0.15) is 23.6 Å². The smallest absolute Gasteiger partial charge is 0.243 e. The molecule has 3 aliphatic heterocycles. The van der Waals surface area contributed by atoms with E-state index in [0.29, 0.717) is 39.2 Å². The molecule has 1 fully saturated rings. The molecule has 1 saturated heterocycles. The van der Waals surface area contributed by atoms with E-state index in [2.05, 4.69) is 4.90 Å². The van der Waals surface area contributed by atoms with Crippen LogP contribution in [0.5, 0.6) is 0 Å². The van der Waals surface area contributed by atoms with E-state index in [1.807, 2.05) is 0 Å². The van der Waals surface area contributed by atoms with Crippen molar-refractivity contribution in [3.05, 3.63) is 76.6 Å². The normalized spacial score (nSPS) is 26.7. The van der Waals surface area contributed by atoms with Crippen LogP contribution in [0.4, 0.5) is 13.2 Å². The zero-order valence-corrected chi connectivity index (χ0v) is 18.6. The van der Waals surface area contributed by atoms with E-state index >= 15 is 0 Å². The Labute approximate surface area is 190 Å². The predicted octanol–water partition coefficient (Wildman–Crippen LogP) is 2.58. The second kappa shape index (κ2) is 8.52. The quantitative estimate of drug-likeness (QED) is 0.683. The number of benzene rings is 2. The van der Waals surface area contributed by atoms with Crippen LogP contribution in [-0.4, -0.2) is 62.5 Å². The van der Waals surface area contributed by atoms with Gasteiger partial charge in [0, 0.05) is 43.8 Å². The number of hydrogen-bond acceptors (Lipinski definition) is 5. The highest BCUT2D eigenvalue weighted by atomic mass is 32.2. The van der Waals surface area contributed by atoms with Gasteiger partial charge in [-0.2, -0.15) is 4.31 Å². The number of hydrogen-bond donors (Lipinski definition) is 1. The summed E-state index contributed by atoms with van der Waals surface area (Å²) in [5.74, 6) is -1.56. The van der Waals surface area contributed by atoms with Crippen molar-refractivity contribution in [2.45, 2.75) is 29.5 Å². The summed E-state index contributed by atoms with van der Waals surface area (Å²) in [5.41, 5.74) is 8.52. The standard InChI is InChI=1S/C23H24F3N3O3S/c24-16-1-4-19(5-2-16)33(30,31)29-11-14-9-28(10-15(14)12-29)18-8-22(27)23(32-13-18)20-7-17(25)3-6-21(20)26/h1-7,18,22-23H,8-13,27H2. The third-order valence-corrected chi connectivity index (χ3v) is 8.46. The second-order valence-corrected chi connectivity index (χ2v) is 10.8. The molecular weight excluding hydrogens is 455 g/mol. The molecule has 3 atom stereocenters. The van der Waals surface area contributed by atoms with E-state index in [0.717, 1.165) is 41.5 Å². The first-order chi connectivity index (χ1) is 15.7. The van der Waals surface area contributed by atoms with E-state index in [9.17, 15) is 21.6 Å². The van der Waals surface area contributed by atoms with Crippen LogP contribution in [0.1, 0.15) is 18.1 Å². The summed E-state index contributed by atoms with van der Waals surface area (Å²) in [6.07, 6.45) is -0.158. The summed E-state index contributed by atoms with van der Waals surface area (Å²) < 4.78 is 74.0. The molecule has 2 aromatic carbocycles.